The highest BCUT2D eigenvalue weighted by Gasteiger charge is 2.01. The van der Waals surface area contributed by atoms with E-state index in [1.807, 2.05) is 12.3 Å². The van der Waals surface area contributed by atoms with Gasteiger partial charge in [-0.15, -0.1) is 11.8 Å². The van der Waals surface area contributed by atoms with Crippen LogP contribution in [0.5, 0.6) is 0 Å². The first-order valence-electron chi connectivity index (χ1n) is 5.18. The highest BCUT2D eigenvalue weighted by molar-refractivity contribution is 7.98. The third kappa shape index (κ3) is 4.90. The van der Waals surface area contributed by atoms with Crippen molar-refractivity contribution in [2.45, 2.75) is 5.03 Å². The lowest BCUT2D eigenvalue weighted by Crippen LogP contribution is -2.37. The number of amides is 2. The number of rotatable bonds is 5. The lowest BCUT2D eigenvalue weighted by molar-refractivity contribution is 0.218. The summed E-state index contributed by atoms with van der Waals surface area (Å²) in [4.78, 5) is 20.9. The number of nitrogens with zero attached hydrogens (tertiary/aromatic N) is 3. The van der Waals surface area contributed by atoms with E-state index in [0.29, 0.717) is 13.1 Å². The number of aromatic nitrogens is 2. The number of hydrogen-bond donors (Lipinski definition) is 2. The number of urea groups is 1. The molecule has 6 nitrogen and oxygen atoms in total. The van der Waals surface area contributed by atoms with Crippen molar-refractivity contribution in [1.82, 2.24) is 20.2 Å². The zero-order valence-corrected chi connectivity index (χ0v) is 11.0. The van der Waals surface area contributed by atoms with Crippen LogP contribution in [0.15, 0.2) is 17.4 Å². The predicted molar refractivity (Wildman–Crippen MR) is 69.4 cm³/mol. The van der Waals surface area contributed by atoms with Gasteiger partial charge >= 0.3 is 6.03 Å². The Balaban J connectivity index is 2.28. The molecule has 0 fully saturated rings. The van der Waals surface area contributed by atoms with E-state index in [1.165, 1.54) is 11.2 Å². The summed E-state index contributed by atoms with van der Waals surface area (Å²) < 4.78 is 0. The van der Waals surface area contributed by atoms with Gasteiger partial charge in [-0.3, -0.25) is 0 Å². The van der Waals surface area contributed by atoms with Crippen LogP contribution in [0.25, 0.3) is 0 Å². The molecule has 0 aliphatic heterocycles. The molecular weight excluding hydrogens is 238 g/mol. The summed E-state index contributed by atoms with van der Waals surface area (Å²) in [6, 6.07) is 1.78. The molecule has 1 heterocycles. The average molecular weight is 255 g/mol. The van der Waals surface area contributed by atoms with Crippen LogP contribution in [-0.4, -0.2) is 54.3 Å². The number of carbonyl (C=O) groups is 1. The number of nitrogens with one attached hydrogen (secondary N) is 2. The molecule has 0 saturated carbocycles. The summed E-state index contributed by atoms with van der Waals surface area (Å²) in [5, 5.41) is 6.79. The maximum absolute atomic E-state index is 11.2. The molecule has 0 atom stereocenters. The summed E-state index contributed by atoms with van der Waals surface area (Å²) in [5.41, 5.74) is 0. The third-order valence-electron chi connectivity index (χ3n) is 1.96. The second-order valence-corrected chi connectivity index (χ2v) is 4.33. The van der Waals surface area contributed by atoms with Gasteiger partial charge in [-0.1, -0.05) is 0 Å². The van der Waals surface area contributed by atoms with Gasteiger partial charge in [0.15, 0.2) is 0 Å². The normalized spacial score (nSPS) is 9.82. The number of anilines is 1. The number of hydrogen-bond acceptors (Lipinski definition) is 5. The average Bonchev–Trinajstić information content (AvgIpc) is 2.34. The van der Waals surface area contributed by atoms with Crippen LogP contribution in [-0.2, 0) is 0 Å². The molecule has 94 valence electrons. The van der Waals surface area contributed by atoms with E-state index in [9.17, 15) is 4.79 Å². The van der Waals surface area contributed by atoms with Gasteiger partial charge in [0.25, 0.3) is 0 Å². The van der Waals surface area contributed by atoms with Gasteiger partial charge < -0.3 is 15.5 Å². The molecule has 0 saturated heterocycles. The highest BCUT2D eigenvalue weighted by Crippen LogP contribution is 2.12. The second kappa shape index (κ2) is 6.95. The number of carbonyl (C=O) groups excluding carboxylic acids is 1. The molecule has 1 rings (SSSR count). The second-order valence-electron chi connectivity index (χ2n) is 3.50. The molecule has 0 unspecified atom stereocenters. The van der Waals surface area contributed by atoms with Crippen LogP contribution in [0.2, 0.25) is 0 Å². The Kier molecular flexibility index (Phi) is 5.55. The Bertz CT molecular complexity index is 371. The first-order chi connectivity index (χ1) is 8.13. The van der Waals surface area contributed by atoms with Crippen LogP contribution in [0.3, 0.4) is 0 Å². The highest BCUT2D eigenvalue weighted by atomic mass is 32.2. The molecular formula is C10H17N5OS. The molecule has 2 amide bonds. The molecule has 17 heavy (non-hydrogen) atoms. The van der Waals surface area contributed by atoms with E-state index in [-0.39, 0.29) is 6.03 Å². The quantitative estimate of drug-likeness (QED) is 0.464. The molecule has 0 aliphatic rings. The van der Waals surface area contributed by atoms with E-state index in [2.05, 4.69) is 20.6 Å². The van der Waals surface area contributed by atoms with E-state index in [4.69, 9.17) is 0 Å². The van der Waals surface area contributed by atoms with Crippen molar-refractivity contribution >= 4 is 23.6 Å². The Morgan fingerprint density at radius 3 is 2.82 bits per heavy atom. The third-order valence-corrected chi connectivity index (χ3v) is 2.61. The summed E-state index contributed by atoms with van der Waals surface area (Å²) in [7, 11) is 3.41. The van der Waals surface area contributed by atoms with E-state index >= 15 is 0 Å². The van der Waals surface area contributed by atoms with Gasteiger partial charge in [0.05, 0.1) is 0 Å². The lowest BCUT2D eigenvalue weighted by Gasteiger charge is -2.12. The van der Waals surface area contributed by atoms with Gasteiger partial charge in [0.2, 0.25) is 0 Å². The molecule has 0 aromatic carbocycles. The van der Waals surface area contributed by atoms with Crippen LogP contribution < -0.4 is 10.6 Å². The first-order valence-corrected chi connectivity index (χ1v) is 6.41. The fraction of sp³-hybridized carbons (Fsp3) is 0.500. The van der Waals surface area contributed by atoms with Crippen LogP contribution >= 0.6 is 11.8 Å². The van der Waals surface area contributed by atoms with Crippen LogP contribution in [0.4, 0.5) is 10.6 Å². The van der Waals surface area contributed by atoms with Crippen molar-refractivity contribution in [3.8, 4) is 0 Å². The summed E-state index contributed by atoms with van der Waals surface area (Å²) >= 11 is 1.56. The molecule has 0 aliphatic carbocycles. The van der Waals surface area contributed by atoms with Crippen molar-refractivity contribution in [1.29, 1.82) is 0 Å². The fourth-order valence-corrected chi connectivity index (χ4v) is 1.45. The summed E-state index contributed by atoms with van der Waals surface area (Å²) in [6.45, 7) is 1.18. The Hall–Kier alpha value is -1.50. The molecule has 0 spiro atoms. The maximum Gasteiger partial charge on any atom is 0.316 e. The molecule has 7 heteroatoms. The Morgan fingerprint density at radius 1 is 1.41 bits per heavy atom. The first kappa shape index (κ1) is 13.6. The van der Waals surface area contributed by atoms with Crippen molar-refractivity contribution in [3.05, 3.63) is 12.4 Å². The monoisotopic (exact) mass is 255 g/mol. The van der Waals surface area contributed by atoms with Gasteiger partial charge in [-0.2, -0.15) is 0 Å². The zero-order valence-electron chi connectivity index (χ0n) is 10.2. The molecule has 1 aromatic heterocycles. The van der Waals surface area contributed by atoms with Crippen molar-refractivity contribution in [2.24, 2.45) is 0 Å². The van der Waals surface area contributed by atoms with Crippen LogP contribution in [0, 0.1) is 0 Å². The Morgan fingerprint density at radius 2 is 2.18 bits per heavy atom. The van der Waals surface area contributed by atoms with Gasteiger partial charge in [-0.25, -0.2) is 14.8 Å². The SMILES string of the molecule is CSc1cc(NCCNC(=O)N(C)C)ncn1. The minimum Gasteiger partial charge on any atom is -0.368 e. The van der Waals surface area contributed by atoms with Gasteiger partial charge in [0.1, 0.15) is 17.2 Å². The zero-order chi connectivity index (χ0) is 12.7. The Labute approximate surface area is 105 Å². The smallest absolute Gasteiger partial charge is 0.316 e. The predicted octanol–water partition coefficient (Wildman–Crippen LogP) is 0.882. The fourth-order valence-electron chi connectivity index (χ4n) is 1.07. The van der Waals surface area contributed by atoms with Gasteiger partial charge in [-0.05, 0) is 6.26 Å². The number of thioether (sulfide) groups is 1. The minimum atomic E-state index is -0.0979. The van der Waals surface area contributed by atoms with Crippen molar-refractivity contribution in [2.75, 3.05) is 38.8 Å². The molecule has 0 radical (unpaired) electrons. The van der Waals surface area contributed by atoms with E-state index in [0.717, 1.165) is 10.8 Å². The maximum atomic E-state index is 11.2. The van der Waals surface area contributed by atoms with Crippen LogP contribution in [0.1, 0.15) is 0 Å². The standard InChI is InChI=1S/C10H17N5OS/c1-15(2)10(16)12-5-4-11-8-6-9(17-3)14-7-13-8/h6-7H,4-5H2,1-3H3,(H,12,16)(H,11,13,14). The largest absolute Gasteiger partial charge is 0.368 e. The lowest BCUT2D eigenvalue weighted by atomic mass is 10.5. The topological polar surface area (TPSA) is 70.2 Å². The van der Waals surface area contributed by atoms with Gasteiger partial charge in [0, 0.05) is 33.3 Å². The minimum absolute atomic E-state index is 0.0979. The molecule has 1 aromatic rings. The summed E-state index contributed by atoms with van der Waals surface area (Å²) in [5.74, 6) is 0.767. The molecule has 2 N–H and O–H groups in total. The summed E-state index contributed by atoms with van der Waals surface area (Å²) in [6.07, 6.45) is 3.48. The van der Waals surface area contributed by atoms with E-state index in [1.54, 1.807) is 25.9 Å². The van der Waals surface area contributed by atoms with E-state index < -0.39 is 0 Å². The van der Waals surface area contributed by atoms with Crippen molar-refractivity contribution < 1.29 is 4.79 Å². The molecule has 0 bridgehead atoms. The van der Waals surface area contributed by atoms with Crippen molar-refractivity contribution in [3.63, 3.8) is 0 Å².